The molecule has 0 radical (unpaired) electrons. The molecule has 34 heavy (non-hydrogen) atoms. The van der Waals surface area contributed by atoms with E-state index in [-0.39, 0.29) is 6.29 Å². The van der Waals surface area contributed by atoms with E-state index in [9.17, 15) is 0 Å². The first-order valence-corrected chi connectivity index (χ1v) is 12.1. The summed E-state index contributed by atoms with van der Waals surface area (Å²) < 4.78 is 2.12. The predicted octanol–water partition coefficient (Wildman–Crippen LogP) is 3.13. The molecule has 2 aliphatic heterocycles. The molecule has 4 N–H and O–H groups in total. The van der Waals surface area contributed by atoms with Crippen molar-refractivity contribution in [1.82, 2.24) is 35.1 Å². The van der Waals surface area contributed by atoms with Gasteiger partial charge in [-0.25, -0.2) is 9.97 Å². The average molecular weight is 460 g/mol. The number of allylic oxidation sites excluding steroid dienone is 4. The summed E-state index contributed by atoms with van der Waals surface area (Å²) in [5, 5.41) is 10.8. The number of anilines is 1. The van der Waals surface area contributed by atoms with E-state index >= 15 is 0 Å². The van der Waals surface area contributed by atoms with Gasteiger partial charge in [0, 0.05) is 31.4 Å². The summed E-state index contributed by atoms with van der Waals surface area (Å²) in [5.41, 5.74) is 3.89. The van der Waals surface area contributed by atoms with Crippen molar-refractivity contribution in [2.75, 3.05) is 25.0 Å². The van der Waals surface area contributed by atoms with Crippen molar-refractivity contribution >= 4 is 28.4 Å². The summed E-state index contributed by atoms with van der Waals surface area (Å²) in [6, 6.07) is 8.48. The Kier molecular flexibility index (Phi) is 6.46. The van der Waals surface area contributed by atoms with Crippen LogP contribution in [0.15, 0.2) is 53.8 Å². The summed E-state index contributed by atoms with van der Waals surface area (Å²) in [7, 11) is 0. The van der Waals surface area contributed by atoms with E-state index in [0.29, 0.717) is 12.6 Å². The second-order valence-corrected chi connectivity index (χ2v) is 8.76. The molecule has 178 valence electrons. The van der Waals surface area contributed by atoms with Gasteiger partial charge in [-0.3, -0.25) is 14.5 Å². The lowest BCUT2D eigenvalue weighted by atomic mass is 10.2. The number of imidazole rings is 2. The van der Waals surface area contributed by atoms with Crippen molar-refractivity contribution in [2.24, 2.45) is 4.99 Å². The highest BCUT2D eigenvalue weighted by atomic mass is 15.4. The van der Waals surface area contributed by atoms with Crippen LogP contribution < -0.4 is 16.0 Å². The molecule has 9 nitrogen and oxygen atoms in total. The number of para-hydroxylation sites is 2. The van der Waals surface area contributed by atoms with E-state index in [4.69, 9.17) is 9.98 Å². The third-order valence-corrected chi connectivity index (χ3v) is 6.16. The Morgan fingerprint density at radius 1 is 1.26 bits per heavy atom. The van der Waals surface area contributed by atoms with Crippen LogP contribution in [0.5, 0.6) is 0 Å². The van der Waals surface area contributed by atoms with Crippen LogP contribution in [0, 0.1) is 0 Å². The first kappa shape index (κ1) is 22.4. The number of hydrogen-bond acceptors (Lipinski definition) is 6. The summed E-state index contributed by atoms with van der Waals surface area (Å²) in [6.07, 6.45) is 9.12. The van der Waals surface area contributed by atoms with E-state index < -0.39 is 0 Å². The SMILES string of the molecule is CC=CC(=CCC)n1cnc2c1NC(N1CCNC(C)C1)NC2=NCc1nc2ccccc2[nH]1. The number of H-pyrrole nitrogens is 1. The molecule has 0 saturated carbocycles. The Labute approximate surface area is 200 Å². The van der Waals surface area contributed by atoms with Gasteiger partial charge in [0.15, 0.2) is 12.1 Å². The smallest absolute Gasteiger partial charge is 0.157 e. The quantitative estimate of drug-likeness (QED) is 0.423. The van der Waals surface area contributed by atoms with Gasteiger partial charge in [-0.2, -0.15) is 0 Å². The van der Waals surface area contributed by atoms with Gasteiger partial charge in [0.2, 0.25) is 0 Å². The minimum absolute atomic E-state index is 0.0737. The maximum Gasteiger partial charge on any atom is 0.157 e. The minimum Gasteiger partial charge on any atom is -0.340 e. The molecule has 0 aliphatic carbocycles. The van der Waals surface area contributed by atoms with Crippen LogP contribution in [0.4, 0.5) is 5.82 Å². The fourth-order valence-electron chi connectivity index (χ4n) is 4.58. The van der Waals surface area contributed by atoms with E-state index in [1.54, 1.807) is 0 Å². The van der Waals surface area contributed by atoms with Gasteiger partial charge >= 0.3 is 0 Å². The molecule has 1 fully saturated rings. The number of fused-ring (bicyclic) bond motifs is 2. The first-order valence-electron chi connectivity index (χ1n) is 12.1. The Morgan fingerprint density at radius 2 is 2.15 bits per heavy atom. The van der Waals surface area contributed by atoms with Gasteiger partial charge in [-0.05, 0) is 38.5 Å². The van der Waals surface area contributed by atoms with Crippen LogP contribution in [-0.4, -0.2) is 62.2 Å². The lowest BCUT2D eigenvalue weighted by Gasteiger charge is -2.41. The number of rotatable bonds is 6. The molecule has 2 aliphatic rings. The molecule has 5 rings (SSSR count). The van der Waals surface area contributed by atoms with Crippen molar-refractivity contribution in [3.05, 3.63) is 60.3 Å². The maximum atomic E-state index is 4.93. The van der Waals surface area contributed by atoms with E-state index in [1.165, 1.54) is 0 Å². The number of aromatic nitrogens is 4. The van der Waals surface area contributed by atoms with Crippen LogP contribution in [0.2, 0.25) is 0 Å². The number of nitrogens with zero attached hydrogens (tertiary/aromatic N) is 5. The average Bonchev–Trinajstić information content (AvgIpc) is 3.46. The zero-order valence-electron chi connectivity index (χ0n) is 20.0. The van der Waals surface area contributed by atoms with Crippen LogP contribution in [-0.2, 0) is 6.54 Å². The number of benzene rings is 1. The summed E-state index contributed by atoms with van der Waals surface area (Å²) in [5.74, 6) is 2.57. The van der Waals surface area contributed by atoms with Crippen molar-refractivity contribution in [3.8, 4) is 0 Å². The Bertz CT molecular complexity index is 1200. The van der Waals surface area contributed by atoms with E-state index in [0.717, 1.165) is 66.0 Å². The van der Waals surface area contributed by atoms with Crippen molar-refractivity contribution < 1.29 is 0 Å². The largest absolute Gasteiger partial charge is 0.340 e. The lowest BCUT2D eigenvalue weighted by molar-refractivity contribution is 0.152. The Morgan fingerprint density at radius 3 is 2.94 bits per heavy atom. The van der Waals surface area contributed by atoms with E-state index in [1.807, 2.05) is 37.5 Å². The lowest BCUT2D eigenvalue weighted by Crippen LogP contribution is -2.62. The van der Waals surface area contributed by atoms with Gasteiger partial charge in [-0.1, -0.05) is 31.2 Å². The number of aliphatic imine (C=N–C) groups is 1. The Balaban J connectivity index is 1.50. The third-order valence-electron chi connectivity index (χ3n) is 6.16. The zero-order chi connectivity index (χ0) is 23.5. The zero-order valence-corrected chi connectivity index (χ0v) is 20.0. The number of piperazine rings is 1. The molecule has 0 spiro atoms. The van der Waals surface area contributed by atoms with Gasteiger partial charge in [0.05, 0.1) is 17.6 Å². The molecule has 2 atom stereocenters. The molecule has 1 aromatic carbocycles. The van der Waals surface area contributed by atoms with Gasteiger partial charge in [0.1, 0.15) is 23.7 Å². The summed E-state index contributed by atoms with van der Waals surface area (Å²) in [4.78, 5) is 20.2. The van der Waals surface area contributed by atoms with Gasteiger partial charge < -0.3 is 20.9 Å². The van der Waals surface area contributed by atoms with E-state index in [2.05, 4.69) is 67.5 Å². The molecule has 0 amide bonds. The highest BCUT2D eigenvalue weighted by Crippen LogP contribution is 2.26. The molecule has 1 saturated heterocycles. The second-order valence-electron chi connectivity index (χ2n) is 8.76. The van der Waals surface area contributed by atoms with Gasteiger partial charge in [-0.15, -0.1) is 0 Å². The molecular formula is C25H33N9. The third kappa shape index (κ3) is 4.49. The maximum absolute atomic E-state index is 4.93. The first-order chi connectivity index (χ1) is 16.7. The topological polar surface area (TPSA) is 98.2 Å². The highest BCUT2D eigenvalue weighted by Gasteiger charge is 2.32. The minimum atomic E-state index is -0.0737. The fraction of sp³-hybridized carbons (Fsp3) is 0.400. The van der Waals surface area contributed by atoms with Crippen LogP contribution in [0.3, 0.4) is 0 Å². The molecular weight excluding hydrogens is 426 g/mol. The molecule has 0 bridgehead atoms. The molecule has 2 unspecified atom stereocenters. The van der Waals surface area contributed by atoms with Gasteiger partial charge in [0.25, 0.3) is 0 Å². The highest BCUT2D eigenvalue weighted by molar-refractivity contribution is 6.03. The van der Waals surface area contributed by atoms with Crippen LogP contribution >= 0.6 is 0 Å². The second kappa shape index (κ2) is 9.82. The number of aromatic amines is 1. The number of hydrogen-bond donors (Lipinski definition) is 4. The van der Waals surface area contributed by atoms with Crippen LogP contribution in [0.1, 0.15) is 38.7 Å². The molecule has 3 aromatic rings. The number of amidine groups is 1. The van der Waals surface area contributed by atoms with Crippen LogP contribution in [0.25, 0.3) is 16.7 Å². The summed E-state index contributed by atoms with van der Waals surface area (Å²) >= 11 is 0. The predicted molar refractivity (Wildman–Crippen MR) is 138 cm³/mol. The monoisotopic (exact) mass is 459 g/mol. The Hall–Kier alpha value is -3.43. The normalized spacial score (nSPS) is 22.8. The molecule has 4 heterocycles. The number of nitrogens with one attached hydrogen (secondary N) is 4. The standard InChI is InChI=1S/C25H33N9/c1-4-8-18(9-5-2)34-16-28-22-23(27-14-21-29-19-10-6-7-11-20(19)30-21)31-25(32-24(22)34)33-13-12-26-17(3)15-33/h4,6-11,16-17,25-26,32H,5,12-15H2,1-3H3,(H,27,31)(H,29,30). The van der Waals surface area contributed by atoms with Crippen molar-refractivity contribution in [2.45, 2.75) is 46.1 Å². The van der Waals surface area contributed by atoms with Crippen molar-refractivity contribution in [3.63, 3.8) is 0 Å². The molecule has 2 aromatic heterocycles. The fourth-order valence-corrected chi connectivity index (χ4v) is 4.58. The summed E-state index contributed by atoms with van der Waals surface area (Å²) in [6.45, 7) is 9.69. The van der Waals surface area contributed by atoms with Crippen molar-refractivity contribution in [1.29, 1.82) is 0 Å². The molecule has 9 heteroatoms.